The number of benzene rings is 1. The van der Waals surface area contributed by atoms with Crippen LogP contribution in [-0.2, 0) is 0 Å². The Morgan fingerprint density at radius 1 is 1.42 bits per heavy atom. The molecule has 1 aromatic heterocycles. The third kappa shape index (κ3) is 4.22. The van der Waals surface area contributed by atoms with E-state index in [0.29, 0.717) is 17.2 Å². The monoisotopic (exact) mass is 279 g/mol. The second kappa shape index (κ2) is 6.54. The minimum atomic E-state index is -0.541. The first-order valence-corrected chi connectivity index (χ1v) is 6.97. The number of anilines is 1. The molecule has 0 bridgehead atoms. The number of furan rings is 1. The molecule has 2 aromatic rings. The van der Waals surface area contributed by atoms with Crippen LogP contribution in [-0.4, -0.2) is 23.6 Å². The number of hydrogen-bond donors (Lipinski definition) is 2. The SMILES string of the molecule is Cc1occc1SCC(O)COc1cccc(N)c1. The van der Waals surface area contributed by atoms with E-state index in [9.17, 15) is 5.11 Å². The largest absolute Gasteiger partial charge is 0.491 e. The van der Waals surface area contributed by atoms with Gasteiger partial charge in [-0.25, -0.2) is 0 Å². The molecule has 3 N–H and O–H groups in total. The molecule has 1 unspecified atom stereocenters. The van der Waals surface area contributed by atoms with Gasteiger partial charge in [0.25, 0.3) is 0 Å². The number of nitrogens with two attached hydrogens (primary N) is 1. The molecule has 0 amide bonds. The van der Waals surface area contributed by atoms with Gasteiger partial charge in [0, 0.05) is 22.4 Å². The summed E-state index contributed by atoms with van der Waals surface area (Å²) in [5, 5.41) is 9.86. The Hall–Kier alpha value is -1.59. The fourth-order valence-electron chi connectivity index (χ4n) is 1.55. The van der Waals surface area contributed by atoms with Gasteiger partial charge in [-0.2, -0.15) is 0 Å². The minimum absolute atomic E-state index is 0.243. The molecule has 2 rings (SSSR count). The molecule has 0 fully saturated rings. The van der Waals surface area contributed by atoms with Crippen LogP contribution in [0.25, 0.3) is 0 Å². The van der Waals surface area contributed by atoms with Crippen molar-refractivity contribution in [3.8, 4) is 5.75 Å². The van der Waals surface area contributed by atoms with Gasteiger partial charge in [0.1, 0.15) is 18.1 Å². The van der Waals surface area contributed by atoms with Gasteiger partial charge in [-0.3, -0.25) is 0 Å². The van der Waals surface area contributed by atoms with Crippen LogP contribution < -0.4 is 10.5 Å². The van der Waals surface area contributed by atoms with Crippen molar-refractivity contribution in [2.75, 3.05) is 18.1 Å². The summed E-state index contributed by atoms with van der Waals surface area (Å²) < 4.78 is 10.7. The Labute approximate surface area is 116 Å². The van der Waals surface area contributed by atoms with E-state index < -0.39 is 6.10 Å². The number of aryl methyl sites for hydroxylation is 1. The Kier molecular flexibility index (Phi) is 4.76. The maximum Gasteiger partial charge on any atom is 0.121 e. The molecule has 0 aliphatic heterocycles. The average Bonchev–Trinajstić information content (AvgIpc) is 2.80. The number of ether oxygens (including phenoxy) is 1. The van der Waals surface area contributed by atoms with E-state index in [1.807, 2.05) is 25.1 Å². The summed E-state index contributed by atoms with van der Waals surface area (Å²) in [6.07, 6.45) is 1.11. The highest BCUT2D eigenvalue weighted by molar-refractivity contribution is 7.99. The van der Waals surface area contributed by atoms with Crippen molar-refractivity contribution in [3.63, 3.8) is 0 Å². The van der Waals surface area contributed by atoms with Crippen LogP contribution in [0.3, 0.4) is 0 Å². The van der Waals surface area contributed by atoms with Crippen molar-refractivity contribution in [2.24, 2.45) is 0 Å². The molecule has 19 heavy (non-hydrogen) atoms. The number of rotatable bonds is 6. The summed E-state index contributed by atoms with van der Waals surface area (Å²) in [6, 6.07) is 9.06. The molecular formula is C14H17NO3S. The van der Waals surface area contributed by atoms with E-state index in [0.717, 1.165) is 10.7 Å². The number of hydrogen-bond acceptors (Lipinski definition) is 5. The van der Waals surface area contributed by atoms with E-state index in [2.05, 4.69) is 0 Å². The Balaban J connectivity index is 1.76. The fraction of sp³-hybridized carbons (Fsp3) is 0.286. The molecule has 0 radical (unpaired) electrons. The highest BCUT2D eigenvalue weighted by atomic mass is 32.2. The first-order chi connectivity index (χ1) is 9.15. The van der Waals surface area contributed by atoms with Gasteiger partial charge in [0.15, 0.2) is 0 Å². The Morgan fingerprint density at radius 3 is 2.95 bits per heavy atom. The van der Waals surface area contributed by atoms with Crippen molar-refractivity contribution in [1.29, 1.82) is 0 Å². The van der Waals surface area contributed by atoms with Crippen LogP contribution in [0.15, 0.2) is 45.9 Å². The lowest BCUT2D eigenvalue weighted by Gasteiger charge is -2.12. The second-order valence-electron chi connectivity index (χ2n) is 4.19. The van der Waals surface area contributed by atoms with Crippen molar-refractivity contribution in [3.05, 3.63) is 42.4 Å². The zero-order chi connectivity index (χ0) is 13.7. The molecule has 0 saturated carbocycles. The molecule has 0 spiro atoms. The van der Waals surface area contributed by atoms with Crippen molar-refractivity contribution >= 4 is 17.4 Å². The number of thioether (sulfide) groups is 1. The van der Waals surface area contributed by atoms with Gasteiger partial charge in [-0.05, 0) is 25.1 Å². The van der Waals surface area contributed by atoms with Crippen molar-refractivity contribution < 1.29 is 14.3 Å². The summed E-state index contributed by atoms with van der Waals surface area (Å²) in [6.45, 7) is 2.14. The first kappa shape index (κ1) is 13.8. The lowest BCUT2D eigenvalue weighted by Crippen LogP contribution is -2.20. The van der Waals surface area contributed by atoms with Crippen LogP contribution in [0, 0.1) is 6.92 Å². The molecular weight excluding hydrogens is 262 g/mol. The van der Waals surface area contributed by atoms with E-state index in [-0.39, 0.29) is 6.61 Å². The van der Waals surface area contributed by atoms with Gasteiger partial charge in [-0.15, -0.1) is 11.8 Å². The van der Waals surface area contributed by atoms with Gasteiger partial charge in [0.2, 0.25) is 0 Å². The van der Waals surface area contributed by atoms with E-state index in [1.165, 1.54) is 0 Å². The van der Waals surface area contributed by atoms with Gasteiger partial charge in [0.05, 0.1) is 12.4 Å². The molecule has 102 valence electrons. The summed E-state index contributed by atoms with van der Waals surface area (Å²) in [4.78, 5) is 1.04. The van der Waals surface area contributed by atoms with Gasteiger partial charge >= 0.3 is 0 Å². The highest BCUT2D eigenvalue weighted by Gasteiger charge is 2.09. The van der Waals surface area contributed by atoms with Crippen LogP contribution in [0.5, 0.6) is 5.75 Å². The average molecular weight is 279 g/mol. The Morgan fingerprint density at radius 2 is 2.26 bits per heavy atom. The second-order valence-corrected chi connectivity index (χ2v) is 5.25. The number of aliphatic hydroxyl groups excluding tert-OH is 1. The van der Waals surface area contributed by atoms with Crippen LogP contribution in [0.2, 0.25) is 0 Å². The minimum Gasteiger partial charge on any atom is -0.491 e. The summed E-state index contributed by atoms with van der Waals surface area (Å²) in [7, 11) is 0. The van der Waals surface area contributed by atoms with Crippen LogP contribution in [0.1, 0.15) is 5.76 Å². The smallest absolute Gasteiger partial charge is 0.121 e. The standard InChI is InChI=1S/C14H17NO3S/c1-10-14(5-6-17-10)19-9-12(16)8-18-13-4-2-3-11(15)7-13/h2-7,12,16H,8-9,15H2,1H3. The molecule has 5 heteroatoms. The lowest BCUT2D eigenvalue weighted by atomic mass is 10.3. The predicted molar refractivity (Wildman–Crippen MR) is 76.5 cm³/mol. The lowest BCUT2D eigenvalue weighted by molar-refractivity contribution is 0.126. The molecule has 0 aliphatic carbocycles. The highest BCUT2D eigenvalue weighted by Crippen LogP contribution is 2.24. The Bertz CT molecular complexity index is 527. The van der Waals surface area contributed by atoms with Crippen LogP contribution in [0.4, 0.5) is 5.69 Å². The fourth-order valence-corrected chi connectivity index (χ4v) is 2.43. The van der Waals surface area contributed by atoms with Gasteiger partial charge < -0.3 is 20.0 Å². The maximum absolute atomic E-state index is 9.86. The summed E-state index contributed by atoms with van der Waals surface area (Å²) >= 11 is 1.55. The molecule has 1 aromatic carbocycles. The number of nitrogen functional groups attached to an aromatic ring is 1. The number of aliphatic hydroxyl groups is 1. The van der Waals surface area contributed by atoms with Crippen molar-refractivity contribution in [2.45, 2.75) is 17.9 Å². The summed E-state index contributed by atoms with van der Waals surface area (Å²) in [5.41, 5.74) is 6.30. The summed E-state index contributed by atoms with van der Waals surface area (Å²) in [5.74, 6) is 2.10. The van der Waals surface area contributed by atoms with Crippen molar-refractivity contribution in [1.82, 2.24) is 0 Å². The molecule has 0 aliphatic rings. The normalized spacial score (nSPS) is 12.3. The maximum atomic E-state index is 9.86. The third-order valence-electron chi connectivity index (χ3n) is 2.54. The molecule has 1 atom stereocenters. The topological polar surface area (TPSA) is 68.6 Å². The molecule has 0 saturated heterocycles. The van der Waals surface area contributed by atoms with E-state index >= 15 is 0 Å². The zero-order valence-electron chi connectivity index (χ0n) is 10.7. The molecule has 1 heterocycles. The van der Waals surface area contributed by atoms with E-state index in [1.54, 1.807) is 30.2 Å². The van der Waals surface area contributed by atoms with Crippen LogP contribution >= 0.6 is 11.8 Å². The predicted octanol–water partition coefficient (Wildman–Crippen LogP) is 2.70. The zero-order valence-corrected chi connectivity index (χ0v) is 11.5. The quantitative estimate of drug-likeness (QED) is 0.628. The first-order valence-electron chi connectivity index (χ1n) is 5.98. The van der Waals surface area contributed by atoms with E-state index in [4.69, 9.17) is 14.9 Å². The molecule has 4 nitrogen and oxygen atoms in total. The van der Waals surface area contributed by atoms with Gasteiger partial charge in [-0.1, -0.05) is 6.07 Å². The third-order valence-corrected chi connectivity index (χ3v) is 3.83.